The number of carbonyl (C=O) groups excluding carboxylic acids is 4. The summed E-state index contributed by atoms with van der Waals surface area (Å²) in [6.07, 6.45) is 11.3. The lowest BCUT2D eigenvalue weighted by molar-refractivity contribution is 0.111. The highest BCUT2D eigenvalue weighted by atomic mass is 16.1. The second-order valence-electron chi connectivity index (χ2n) is 25.3. The van der Waals surface area contributed by atoms with Gasteiger partial charge >= 0.3 is 0 Å². The lowest BCUT2D eigenvalue weighted by atomic mass is 9.91. The van der Waals surface area contributed by atoms with E-state index in [9.17, 15) is 45.5 Å². The van der Waals surface area contributed by atoms with Crippen molar-refractivity contribution in [2.24, 2.45) is 0 Å². The van der Waals surface area contributed by atoms with Crippen molar-refractivity contribution >= 4 is 143 Å². The maximum Gasteiger partial charge on any atom is 0.202 e. The van der Waals surface area contributed by atoms with Crippen molar-refractivity contribution in [1.29, 1.82) is 26.3 Å². The normalized spacial score (nSPS) is 10.4. The first-order chi connectivity index (χ1) is 50.2. The smallest absolute Gasteiger partial charge is 0.202 e. The van der Waals surface area contributed by atoms with Gasteiger partial charge < -0.3 is 19.6 Å². The second-order valence-corrected chi connectivity index (χ2v) is 25.3. The van der Waals surface area contributed by atoms with Gasteiger partial charge in [0, 0.05) is 144 Å². The quantitative estimate of drug-likeness (QED) is 0.0484. The van der Waals surface area contributed by atoms with Crippen LogP contribution in [0.1, 0.15) is 103 Å². The molecule has 0 aliphatic heterocycles. The molecule has 0 aliphatic carbocycles. The van der Waals surface area contributed by atoms with E-state index in [-0.39, 0.29) is 0 Å². The zero-order valence-corrected chi connectivity index (χ0v) is 59.4. The Kier molecular flexibility index (Phi) is 24.2. The molecule has 0 bridgehead atoms. The third-order valence-corrected chi connectivity index (χ3v) is 17.5. The lowest BCUT2D eigenvalue weighted by Gasteiger charge is -2.12. The SMILES string of the molecule is CN(C)c1ccc(C=O)cc1.CN(C)c1ccc(C=O)cc1.Cc1ccc2c(C#N)c3cc(C)ccc3c(C#N)c2c1.N#Cc1c2ccc(C=O)cc2c(C#N)c2ccc(C=O)cc12.[C-]#[N+]c1c2ccc(C=Cc3ccc(N(C)C)cc3)cc2c(C#N)c2ccc(C=Cc3ccc(N(C)C)cc3)cc12. The maximum atomic E-state index is 11.0. The van der Waals surface area contributed by atoms with E-state index in [1.165, 1.54) is 0 Å². The van der Waals surface area contributed by atoms with E-state index in [1.54, 1.807) is 36.4 Å². The fourth-order valence-electron chi connectivity index (χ4n) is 11.9. The Morgan fingerprint density at radius 1 is 0.269 bits per heavy atom. The molecule has 14 nitrogen and oxygen atoms in total. The number of rotatable bonds is 12. The minimum absolute atomic E-state index is 0.394. The van der Waals surface area contributed by atoms with Gasteiger partial charge in [0.25, 0.3) is 0 Å². The summed E-state index contributed by atoms with van der Waals surface area (Å²) in [6, 6.07) is 76.4. The molecule has 0 unspecified atom stereocenters. The summed E-state index contributed by atoms with van der Waals surface area (Å²) in [7, 11) is 16.0. The highest BCUT2D eigenvalue weighted by Crippen LogP contribution is 2.41. The Morgan fingerprint density at radius 2 is 0.490 bits per heavy atom. The van der Waals surface area contributed by atoms with E-state index in [0.29, 0.717) is 78.7 Å². The molecule has 0 N–H and O–H groups in total. The number of hydrogen-bond donors (Lipinski definition) is 0. The topological polar surface area (TPSA) is 205 Å². The fourth-order valence-corrected chi connectivity index (χ4v) is 11.9. The van der Waals surface area contributed by atoms with Gasteiger partial charge in [-0.3, -0.25) is 19.2 Å². The van der Waals surface area contributed by atoms with E-state index >= 15 is 0 Å². The summed E-state index contributed by atoms with van der Waals surface area (Å²) in [5, 5.41) is 57.2. The van der Waals surface area contributed by atoms with Gasteiger partial charge in [-0.1, -0.05) is 151 Å². The average Bonchev–Trinajstić information content (AvgIpc) is 0.764. The molecule has 104 heavy (non-hydrogen) atoms. The minimum Gasteiger partial charge on any atom is -0.378 e. The van der Waals surface area contributed by atoms with Gasteiger partial charge in [-0.15, -0.1) is 0 Å². The molecule has 0 aromatic heterocycles. The number of nitrogens with zero attached hydrogens (tertiary/aromatic N) is 10. The number of benzene rings is 13. The van der Waals surface area contributed by atoms with Crippen LogP contribution >= 0.6 is 0 Å². The summed E-state index contributed by atoms with van der Waals surface area (Å²) in [5.74, 6) is 0. The monoisotopic (exact) mass is 1360 g/mol. The average molecular weight is 1360 g/mol. The van der Waals surface area contributed by atoms with Gasteiger partial charge in [-0.2, -0.15) is 26.3 Å². The van der Waals surface area contributed by atoms with Crippen molar-refractivity contribution in [2.75, 3.05) is 76.0 Å². The number of anilines is 4. The number of hydrogen-bond acceptors (Lipinski definition) is 13. The van der Waals surface area contributed by atoms with Crippen LogP contribution in [0.3, 0.4) is 0 Å². The van der Waals surface area contributed by atoms with Crippen LogP contribution in [0.5, 0.6) is 0 Å². The molecule has 0 aliphatic rings. The Hall–Kier alpha value is -14.3. The Bertz CT molecular complexity index is 5430. The predicted octanol–water partition coefficient (Wildman–Crippen LogP) is 19.7. The molecule has 0 radical (unpaired) electrons. The Labute approximate surface area is 606 Å². The van der Waals surface area contributed by atoms with Gasteiger partial charge in [0.05, 0.1) is 34.4 Å². The maximum absolute atomic E-state index is 11.0. The highest BCUT2D eigenvalue weighted by molar-refractivity contribution is 6.17. The van der Waals surface area contributed by atoms with E-state index < -0.39 is 0 Å². The molecule has 0 saturated carbocycles. The molecule has 0 spiro atoms. The van der Waals surface area contributed by atoms with Gasteiger partial charge in [0.15, 0.2) is 0 Å². The number of aryl methyl sites for hydroxylation is 2. The van der Waals surface area contributed by atoms with Crippen LogP contribution in [0, 0.1) is 77.1 Å². The molecule has 0 fully saturated rings. The van der Waals surface area contributed by atoms with Gasteiger partial charge in [0.1, 0.15) is 55.5 Å². The Morgan fingerprint density at radius 3 is 0.779 bits per heavy atom. The summed E-state index contributed by atoms with van der Waals surface area (Å²) in [6.45, 7) is 12.0. The van der Waals surface area contributed by atoms with Gasteiger partial charge in [0.2, 0.25) is 5.69 Å². The third-order valence-electron chi connectivity index (χ3n) is 17.5. The standard InChI is InChI=1S/C36H30N4.C18H8N2O2.C18H12N2.2C9H11NO/c1-38-36-32-21-15-27(8-6-25-10-16-29(17-11-25)39(2)3)22-33(32)35(24-37)31-20-14-28(23-34(31)36)9-7-26-12-18-30(19-13-26)40(4)5;19-7-17-13-3-1-11(9-21)5-15(13)18(8-20)14-4-2-12(10-22)6-16(14)17;1-11-3-5-13-15(7-11)17(9-19)14-6-4-12(2)8-16(14)18(13)10-20;2*1-10(2)9-5-3-8(7-11)4-6-9/h6-23H,2-5H3;1-6,9-10H;3-8H,1-2H3;2*3-7H,1-2H3. The van der Waals surface area contributed by atoms with Crippen molar-refractivity contribution in [3.63, 3.8) is 0 Å². The van der Waals surface area contributed by atoms with Crippen molar-refractivity contribution in [3.05, 3.63) is 301 Å². The molecule has 0 atom stereocenters. The molecule has 0 heterocycles. The van der Waals surface area contributed by atoms with Gasteiger partial charge in [-0.05, 0) is 149 Å². The van der Waals surface area contributed by atoms with Crippen molar-refractivity contribution in [1.82, 2.24) is 0 Å². The number of nitriles is 5. The van der Waals surface area contributed by atoms with Crippen LogP contribution in [0.25, 0.3) is 93.8 Å². The number of fused-ring (bicyclic) bond motifs is 6. The summed E-state index contributed by atoms with van der Waals surface area (Å²) in [5.41, 5.74) is 16.4. The van der Waals surface area contributed by atoms with Crippen LogP contribution in [0.4, 0.5) is 28.4 Å². The van der Waals surface area contributed by atoms with E-state index in [2.05, 4.69) is 106 Å². The highest BCUT2D eigenvalue weighted by Gasteiger charge is 2.18. The minimum atomic E-state index is 0.394. The summed E-state index contributed by atoms with van der Waals surface area (Å²) >= 11 is 0. The van der Waals surface area contributed by atoms with Crippen LogP contribution in [-0.2, 0) is 0 Å². The Balaban J connectivity index is 0.000000166. The van der Waals surface area contributed by atoms with Crippen LogP contribution < -0.4 is 19.6 Å². The first-order valence-corrected chi connectivity index (χ1v) is 32.9. The van der Waals surface area contributed by atoms with Crippen molar-refractivity contribution in [2.45, 2.75) is 13.8 Å². The van der Waals surface area contributed by atoms with E-state index in [1.807, 2.05) is 214 Å². The molecule has 13 aromatic carbocycles. The summed E-state index contributed by atoms with van der Waals surface area (Å²) < 4.78 is 0. The van der Waals surface area contributed by atoms with E-state index in [0.717, 1.165) is 123 Å². The molecule has 0 saturated heterocycles. The van der Waals surface area contributed by atoms with Crippen molar-refractivity contribution < 1.29 is 19.2 Å². The molecule has 13 rings (SSSR count). The summed E-state index contributed by atoms with van der Waals surface area (Å²) in [4.78, 5) is 54.5. The van der Waals surface area contributed by atoms with Crippen LogP contribution in [0.2, 0.25) is 0 Å². The molecule has 14 heteroatoms. The molecule has 0 amide bonds. The van der Waals surface area contributed by atoms with Gasteiger partial charge in [-0.25, -0.2) is 4.85 Å². The van der Waals surface area contributed by atoms with E-state index in [4.69, 9.17) is 6.57 Å². The fraction of sp³-hybridized carbons (Fsp3) is 0.111. The number of carbonyl (C=O) groups is 4. The predicted molar refractivity (Wildman–Crippen MR) is 426 cm³/mol. The lowest BCUT2D eigenvalue weighted by Crippen LogP contribution is -2.08. The van der Waals surface area contributed by atoms with Crippen LogP contribution in [0.15, 0.2) is 206 Å². The molecular formula is C90H72N10O4. The molecular weight excluding hydrogens is 1290 g/mol. The molecule has 506 valence electrons. The zero-order valence-electron chi connectivity index (χ0n) is 59.4. The molecule has 13 aromatic rings. The largest absolute Gasteiger partial charge is 0.378 e. The first kappa shape index (κ1) is 74.0. The number of aldehydes is 4. The van der Waals surface area contributed by atoms with Crippen molar-refractivity contribution in [3.8, 4) is 30.3 Å². The third kappa shape index (κ3) is 16.9. The second kappa shape index (κ2) is 34.0. The first-order valence-electron chi connectivity index (χ1n) is 32.9. The van der Waals surface area contributed by atoms with Crippen LogP contribution in [-0.4, -0.2) is 81.5 Å². The zero-order chi connectivity index (χ0) is 74.7.